The Morgan fingerprint density at radius 3 is 1.25 bits per heavy atom. The Hall–Kier alpha value is -3.21. The van der Waals surface area contributed by atoms with Gasteiger partial charge >= 0.3 is 0 Å². The maximum absolute atomic E-state index is 12.6. The van der Waals surface area contributed by atoms with Crippen molar-refractivity contribution in [3.8, 4) is 0 Å². The summed E-state index contributed by atoms with van der Waals surface area (Å²) in [5.74, 6) is -0.843. The van der Waals surface area contributed by atoms with Crippen LogP contribution < -0.4 is 16.0 Å². The lowest BCUT2D eigenvalue weighted by Crippen LogP contribution is -2.59. The van der Waals surface area contributed by atoms with Crippen molar-refractivity contribution in [3.05, 3.63) is 11.5 Å². The number of unbranched alkanes of at least 4 members (excludes halogenated alkanes) is 1. The summed E-state index contributed by atoms with van der Waals surface area (Å²) in [5, 5.41) is 125. The van der Waals surface area contributed by atoms with E-state index < -0.39 is 112 Å². The summed E-state index contributed by atoms with van der Waals surface area (Å²) in [6.45, 7) is 3.38. The second kappa shape index (κ2) is 44.3. The Labute approximate surface area is 488 Å². The molecule has 2 fully saturated rings. The second-order valence-corrected chi connectivity index (χ2v) is 20.1. The molecule has 3 rings (SSSR count). The number of rotatable bonds is 49. The first-order valence-corrected chi connectivity index (χ1v) is 28.4. The predicted octanol–water partition coefficient (Wildman–Crippen LogP) is -7.22. The molecule has 0 spiro atoms. The molecule has 14 atom stereocenters. The van der Waals surface area contributed by atoms with E-state index in [-0.39, 0.29) is 194 Å². The third-order valence-electron chi connectivity index (χ3n) is 13.2. The van der Waals surface area contributed by atoms with E-state index in [9.17, 15) is 75.7 Å². The van der Waals surface area contributed by atoms with Crippen LogP contribution in [0.25, 0.3) is 0 Å². The topological polar surface area (TPSA) is 459 Å². The number of amides is 3. The number of aliphatic hydroxyl groups excluding tert-OH is 12. The van der Waals surface area contributed by atoms with E-state index in [0.717, 1.165) is 0 Å². The smallest absolute Gasteiger partial charge is 0.283 e. The van der Waals surface area contributed by atoms with Crippen LogP contribution >= 0.6 is 0 Å². The SMILES string of the molecule is CC(CCCCC(=O)NCCOCCOCCO[C@H]1OC(CO)[C@@H](O)C(O)C1O)(COCCC(=O)NCCOCCOCCOC1=C(CO)C(O)[C@H](O)C(CO)O1)COCCC(=O)NCCOCCOCCO[C@H]1OC(CO)[C@@H](O)C(O)C1O. The van der Waals surface area contributed by atoms with Gasteiger partial charge in [-0.15, -0.1) is 0 Å². The van der Waals surface area contributed by atoms with Crippen LogP contribution in [0.3, 0.4) is 0 Å². The Morgan fingerprint density at radius 2 is 0.833 bits per heavy atom. The molecule has 3 amide bonds. The van der Waals surface area contributed by atoms with E-state index >= 15 is 0 Å². The third-order valence-corrected chi connectivity index (χ3v) is 13.2. The van der Waals surface area contributed by atoms with E-state index in [2.05, 4.69) is 16.0 Å². The van der Waals surface area contributed by atoms with Crippen LogP contribution in [0.4, 0.5) is 0 Å². The molecular formula is C52H95N3O29. The molecule has 0 aliphatic carbocycles. The van der Waals surface area contributed by atoms with Crippen LogP contribution in [-0.4, -0.2) is 330 Å². The van der Waals surface area contributed by atoms with Crippen LogP contribution in [0, 0.1) is 5.41 Å². The molecule has 15 N–H and O–H groups in total. The molecule has 492 valence electrons. The first-order chi connectivity index (χ1) is 40.5. The van der Waals surface area contributed by atoms with Gasteiger partial charge in [0.05, 0.1) is 151 Å². The van der Waals surface area contributed by atoms with Gasteiger partial charge in [-0.3, -0.25) is 14.4 Å². The molecule has 3 heterocycles. The van der Waals surface area contributed by atoms with E-state index in [1.165, 1.54) is 0 Å². The van der Waals surface area contributed by atoms with Crippen molar-refractivity contribution in [3.63, 3.8) is 0 Å². The highest BCUT2D eigenvalue weighted by molar-refractivity contribution is 5.76. The van der Waals surface area contributed by atoms with Crippen molar-refractivity contribution in [2.45, 2.75) is 125 Å². The zero-order valence-corrected chi connectivity index (χ0v) is 47.9. The predicted molar refractivity (Wildman–Crippen MR) is 285 cm³/mol. The fourth-order valence-corrected chi connectivity index (χ4v) is 8.30. The molecule has 32 heteroatoms. The lowest BCUT2D eigenvalue weighted by molar-refractivity contribution is -0.302. The van der Waals surface area contributed by atoms with E-state index in [0.29, 0.717) is 19.3 Å². The first-order valence-electron chi connectivity index (χ1n) is 28.4. The second-order valence-electron chi connectivity index (χ2n) is 20.1. The van der Waals surface area contributed by atoms with Crippen molar-refractivity contribution >= 4 is 17.7 Å². The van der Waals surface area contributed by atoms with Crippen LogP contribution in [-0.2, 0) is 80.7 Å². The van der Waals surface area contributed by atoms with Gasteiger partial charge in [0.1, 0.15) is 67.6 Å². The highest BCUT2D eigenvalue weighted by Gasteiger charge is 2.45. The summed E-state index contributed by atoms with van der Waals surface area (Å²) in [6.07, 6.45) is -15.5. The largest absolute Gasteiger partial charge is 0.463 e. The molecule has 32 nitrogen and oxygen atoms in total. The van der Waals surface area contributed by atoms with Gasteiger partial charge < -0.3 is 144 Å². The monoisotopic (exact) mass is 1230 g/mol. The lowest BCUT2D eigenvalue weighted by atomic mass is 9.86. The Kier molecular flexibility index (Phi) is 39.5. The molecule has 0 aromatic carbocycles. The number of carbonyl (C=O) groups is 3. The fraction of sp³-hybridized carbons (Fsp3) is 0.904. The zero-order valence-electron chi connectivity index (χ0n) is 47.9. The summed E-state index contributed by atoms with van der Waals surface area (Å²) < 4.78 is 76.8. The maximum Gasteiger partial charge on any atom is 0.283 e. The number of ether oxygens (including phenoxy) is 14. The number of carbonyl (C=O) groups excluding carboxylic acids is 3. The maximum atomic E-state index is 12.6. The van der Waals surface area contributed by atoms with Crippen LogP contribution in [0.1, 0.15) is 45.4 Å². The van der Waals surface area contributed by atoms with Gasteiger partial charge in [-0.25, -0.2) is 0 Å². The molecule has 84 heavy (non-hydrogen) atoms. The van der Waals surface area contributed by atoms with Crippen molar-refractivity contribution < 1.29 is 142 Å². The van der Waals surface area contributed by atoms with Crippen molar-refractivity contribution in [1.82, 2.24) is 16.0 Å². The van der Waals surface area contributed by atoms with Crippen LogP contribution in [0.5, 0.6) is 0 Å². The van der Waals surface area contributed by atoms with Crippen LogP contribution in [0.2, 0.25) is 0 Å². The quantitative estimate of drug-likeness (QED) is 0.0252. The standard InChI is InChI=1S/C52H95N3O29/c1-52(7-3-2-4-38(60)53-8-13-71-17-20-75-23-26-80-50-47(69)45(67)43(65)36(30-58)83-50,33-78-12-6-40(62)55-10-15-73-18-21-76-24-27-81-51-48(70)46(68)44(66)37(31-59)84-51)32-77-11-5-39(61)54-9-14-72-16-19-74-22-25-79-49-34(28-56)41(63)42(64)35(29-57)82-49/h35-37,41-48,50-51,56-59,63-70H,2-33H2,1H3,(H,53,60)(H,54,61)(H,55,62)/t35?,36?,37?,41?,42-,43-,44-,45?,46?,47?,48?,50+,51+,52?/m1/s1. The minimum atomic E-state index is -1.54. The summed E-state index contributed by atoms with van der Waals surface area (Å²) in [6, 6.07) is 0. The molecule has 0 aromatic rings. The first kappa shape index (κ1) is 75.0. The molecular weight excluding hydrogens is 1130 g/mol. The number of nitrogens with one attached hydrogen (secondary N) is 3. The fourth-order valence-electron chi connectivity index (χ4n) is 8.30. The molecule has 0 saturated carbocycles. The van der Waals surface area contributed by atoms with Crippen molar-refractivity contribution in [1.29, 1.82) is 0 Å². The molecule has 0 aromatic heterocycles. The minimum absolute atomic E-state index is 0.000599. The summed E-state index contributed by atoms with van der Waals surface area (Å²) in [4.78, 5) is 37.7. The van der Waals surface area contributed by atoms with E-state index in [4.69, 9.17) is 66.3 Å². The molecule has 3 aliphatic heterocycles. The van der Waals surface area contributed by atoms with E-state index in [1.807, 2.05) is 6.92 Å². The summed E-state index contributed by atoms with van der Waals surface area (Å²) in [5.41, 5.74) is -0.583. The Morgan fingerprint density at radius 1 is 0.440 bits per heavy atom. The van der Waals surface area contributed by atoms with Gasteiger partial charge in [-0.05, 0) is 12.8 Å². The average molecular weight is 1230 g/mol. The number of hydrogen-bond donors (Lipinski definition) is 15. The lowest BCUT2D eigenvalue weighted by Gasteiger charge is -2.39. The van der Waals surface area contributed by atoms with Gasteiger partial charge in [0.2, 0.25) is 17.7 Å². The van der Waals surface area contributed by atoms with Gasteiger partial charge in [-0.1, -0.05) is 13.3 Å². The molecule has 3 aliphatic rings. The Balaban J connectivity index is 1.27. The van der Waals surface area contributed by atoms with Crippen molar-refractivity contribution in [2.75, 3.05) is 172 Å². The van der Waals surface area contributed by atoms with Crippen molar-refractivity contribution in [2.24, 2.45) is 5.41 Å². The molecule has 9 unspecified atom stereocenters. The van der Waals surface area contributed by atoms with Crippen LogP contribution in [0.15, 0.2) is 11.5 Å². The summed E-state index contributed by atoms with van der Waals surface area (Å²) in [7, 11) is 0. The molecule has 2 saturated heterocycles. The number of hydrogen-bond acceptors (Lipinski definition) is 29. The van der Waals surface area contributed by atoms with Gasteiger partial charge in [0, 0.05) is 44.3 Å². The molecule has 0 radical (unpaired) electrons. The molecule has 0 bridgehead atoms. The summed E-state index contributed by atoms with van der Waals surface area (Å²) >= 11 is 0. The van der Waals surface area contributed by atoms with Gasteiger partial charge in [-0.2, -0.15) is 0 Å². The highest BCUT2D eigenvalue weighted by atomic mass is 16.7. The van der Waals surface area contributed by atoms with E-state index in [1.54, 1.807) is 0 Å². The van der Waals surface area contributed by atoms with Gasteiger partial charge in [0.15, 0.2) is 18.7 Å². The third kappa shape index (κ3) is 29.2. The average Bonchev–Trinajstić information content (AvgIpc) is 3.20. The minimum Gasteiger partial charge on any atom is -0.463 e. The Bertz CT molecular complexity index is 1700. The normalized spacial score (nSPS) is 27.0. The highest BCUT2D eigenvalue weighted by Crippen LogP contribution is 2.28. The van der Waals surface area contributed by atoms with Gasteiger partial charge in [0.25, 0.3) is 5.95 Å². The number of aliphatic hydroxyl groups is 12. The zero-order chi connectivity index (χ0) is 61.5.